The van der Waals surface area contributed by atoms with Crippen LogP contribution in [0.25, 0.3) is 82.8 Å². The first-order valence-electron chi connectivity index (χ1n) is 18.0. The van der Waals surface area contributed by atoms with E-state index in [2.05, 4.69) is 156 Å². The molecule has 0 radical (unpaired) electrons. The van der Waals surface area contributed by atoms with Gasteiger partial charge in [-0.05, 0) is 82.4 Å². The molecular weight excluding hydrogens is 649 g/mol. The third-order valence-corrected chi connectivity index (χ3v) is 11.1. The number of furan rings is 1. The van der Waals surface area contributed by atoms with Crippen LogP contribution in [0.15, 0.2) is 174 Å². The Morgan fingerprint density at radius 1 is 0.434 bits per heavy atom. The molecule has 0 fully saturated rings. The molecule has 4 heterocycles. The van der Waals surface area contributed by atoms with Crippen molar-refractivity contribution in [3.63, 3.8) is 0 Å². The zero-order valence-corrected chi connectivity index (χ0v) is 28.4. The summed E-state index contributed by atoms with van der Waals surface area (Å²) in [4.78, 5) is 0. The maximum atomic E-state index is 6.97. The highest BCUT2D eigenvalue weighted by Gasteiger charge is 2.41. The molecule has 0 amide bonds. The molecule has 246 valence electrons. The van der Waals surface area contributed by atoms with E-state index in [1.165, 1.54) is 10.8 Å². The van der Waals surface area contributed by atoms with Crippen molar-refractivity contribution in [3.8, 4) is 56.3 Å². The molecule has 10 aromatic rings. The number of nitrogens with zero attached hydrogens (tertiary/aromatic N) is 1. The summed E-state index contributed by atoms with van der Waals surface area (Å²) >= 11 is 0. The fourth-order valence-corrected chi connectivity index (χ4v) is 8.74. The maximum Gasteiger partial charge on any atom is 0.434 e. The normalized spacial score (nSPS) is 12.8. The summed E-state index contributed by atoms with van der Waals surface area (Å²) < 4.78 is 22.4. The maximum absolute atomic E-state index is 6.97. The molecule has 0 spiro atoms. The van der Waals surface area contributed by atoms with Gasteiger partial charge in [0, 0.05) is 49.8 Å². The molecule has 8 aromatic carbocycles. The van der Waals surface area contributed by atoms with E-state index in [1.807, 2.05) is 18.2 Å². The van der Waals surface area contributed by atoms with Crippen LogP contribution in [-0.4, -0.2) is 11.5 Å². The fourth-order valence-electron chi connectivity index (χ4n) is 8.74. The van der Waals surface area contributed by atoms with Crippen molar-refractivity contribution in [1.29, 1.82) is 0 Å². The number of hydrogen-bond acceptors (Lipinski definition) is 3. The molecule has 0 unspecified atom stereocenters. The quantitative estimate of drug-likeness (QED) is 0.175. The molecule has 0 aliphatic carbocycles. The Morgan fingerprint density at radius 2 is 1.13 bits per heavy atom. The molecule has 0 saturated heterocycles. The first-order chi connectivity index (χ1) is 26.3. The van der Waals surface area contributed by atoms with Crippen LogP contribution in [0.2, 0.25) is 0 Å². The second kappa shape index (κ2) is 10.8. The minimum Gasteiger partial charge on any atom is -0.551 e. The summed E-state index contributed by atoms with van der Waals surface area (Å²) in [6.07, 6.45) is 0. The predicted molar refractivity (Wildman–Crippen MR) is 217 cm³/mol. The van der Waals surface area contributed by atoms with Crippen LogP contribution in [0.4, 0.5) is 0 Å². The van der Waals surface area contributed by atoms with E-state index in [-0.39, 0.29) is 6.92 Å². The van der Waals surface area contributed by atoms with Gasteiger partial charge in [-0.2, -0.15) is 0 Å². The first-order valence-corrected chi connectivity index (χ1v) is 18.0. The van der Waals surface area contributed by atoms with Crippen LogP contribution in [0, 0.1) is 0 Å². The smallest absolute Gasteiger partial charge is 0.434 e. The average Bonchev–Trinajstić information content (AvgIpc) is 3.77. The van der Waals surface area contributed by atoms with Gasteiger partial charge in [-0.15, -0.1) is 0 Å². The summed E-state index contributed by atoms with van der Waals surface area (Å²) in [5.41, 5.74) is 13.9. The Balaban J connectivity index is 1.03. The number of rotatable bonds is 3. The van der Waals surface area contributed by atoms with Crippen molar-refractivity contribution < 1.29 is 13.8 Å². The average molecular weight is 678 g/mol. The van der Waals surface area contributed by atoms with Crippen molar-refractivity contribution >= 4 is 61.6 Å². The van der Waals surface area contributed by atoms with Crippen LogP contribution in [0.3, 0.4) is 0 Å². The summed E-state index contributed by atoms with van der Waals surface area (Å²) in [7, 11) is 0. The molecule has 4 nitrogen and oxygen atoms in total. The second-order valence-electron chi connectivity index (χ2n) is 14.0. The van der Waals surface area contributed by atoms with E-state index in [4.69, 9.17) is 13.8 Å². The van der Waals surface area contributed by atoms with Crippen LogP contribution < -0.4 is 20.3 Å². The van der Waals surface area contributed by atoms with Gasteiger partial charge in [-0.25, -0.2) is 0 Å². The van der Waals surface area contributed by atoms with Gasteiger partial charge in [0.05, 0.1) is 11.0 Å². The van der Waals surface area contributed by atoms with Crippen LogP contribution in [-0.2, 0) is 0 Å². The number of ether oxygens (including phenoxy) is 1. The number of benzene rings is 8. The Morgan fingerprint density at radius 3 is 2.00 bits per heavy atom. The van der Waals surface area contributed by atoms with Crippen LogP contribution >= 0.6 is 0 Å². The summed E-state index contributed by atoms with van der Waals surface area (Å²) in [6, 6.07) is 59.9. The molecular formula is C48H28BNO3. The Kier molecular flexibility index (Phi) is 5.83. The van der Waals surface area contributed by atoms with E-state index in [0.29, 0.717) is 0 Å². The standard InChI is InChI=1S/C48H28BNO3/c1-5-18-40-34(13-1)35-14-2-6-19-41(35)50(40)32-23-24-39-45(28-32)52-46-27-31(26-38-36-15-3-8-21-43(36)53-49(39)48(38)46)29-11-9-12-30(25-29)33-17-10-22-44-47(33)37-16-4-7-20-42(37)51-44/h1-28H. The largest absolute Gasteiger partial charge is 0.551 e. The third kappa shape index (κ3) is 4.13. The van der Waals surface area contributed by atoms with Crippen molar-refractivity contribution in [2.24, 2.45) is 0 Å². The Bertz CT molecular complexity index is 3100. The lowest BCUT2D eigenvalue weighted by molar-refractivity contribution is 0.479. The number of fused-ring (bicyclic) bond motifs is 10. The van der Waals surface area contributed by atoms with Gasteiger partial charge in [0.2, 0.25) is 0 Å². The van der Waals surface area contributed by atoms with E-state index >= 15 is 0 Å². The van der Waals surface area contributed by atoms with Crippen molar-refractivity contribution in [3.05, 3.63) is 170 Å². The van der Waals surface area contributed by atoms with E-state index in [0.717, 1.165) is 100 Å². The molecule has 2 aliphatic rings. The lowest BCUT2D eigenvalue weighted by Crippen LogP contribution is -2.53. The van der Waals surface area contributed by atoms with Gasteiger partial charge >= 0.3 is 6.92 Å². The summed E-state index contributed by atoms with van der Waals surface area (Å²) in [5, 5.41) is 4.71. The van der Waals surface area contributed by atoms with Crippen molar-refractivity contribution in [2.75, 3.05) is 0 Å². The first kappa shape index (κ1) is 28.7. The van der Waals surface area contributed by atoms with Gasteiger partial charge in [-0.3, -0.25) is 0 Å². The third-order valence-electron chi connectivity index (χ3n) is 11.1. The van der Waals surface area contributed by atoms with Gasteiger partial charge in [-0.1, -0.05) is 109 Å². The van der Waals surface area contributed by atoms with Gasteiger partial charge in [0.15, 0.2) is 0 Å². The fraction of sp³-hybridized carbons (Fsp3) is 0. The monoisotopic (exact) mass is 677 g/mol. The SMILES string of the molecule is c1cc(-c2cc3c4c(c2)-c2ccccc2OB4c2ccc(-n4c5ccccc5c5ccccc54)cc2O3)cc(-c2cccc3oc4ccccc4c23)c1. The molecule has 0 N–H and O–H groups in total. The van der Waals surface area contributed by atoms with E-state index < -0.39 is 0 Å². The van der Waals surface area contributed by atoms with E-state index in [1.54, 1.807) is 0 Å². The zero-order valence-electron chi connectivity index (χ0n) is 28.4. The highest BCUT2D eigenvalue weighted by molar-refractivity contribution is 6.84. The van der Waals surface area contributed by atoms with Gasteiger partial charge in [0.25, 0.3) is 0 Å². The van der Waals surface area contributed by atoms with Gasteiger partial charge in [0.1, 0.15) is 28.4 Å². The molecule has 0 saturated carbocycles. The number of hydrogen-bond donors (Lipinski definition) is 0. The van der Waals surface area contributed by atoms with Gasteiger partial charge < -0.3 is 18.4 Å². The topological polar surface area (TPSA) is 36.5 Å². The van der Waals surface area contributed by atoms with Crippen molar-refractivity contribution in [1.82, 2.24) is 4.57 Å². The minimum atomic E-state index is -0.293. The summed E-state index contributed by atoms with van der Waals surface area (Å²) in [6.45, 7) is -0.293. The number of para-hydroxylation sites is 4. The van der Waals surface area contributed by atoms with E-state index in [9.17, 15) is 0 Å². The Labute approximate surface area is 305 Å². The second-order valence-corrected chi connectivity index (χ2v) is 14.0. The lowest BCUT2D eigenvalue weighted by Gasteiger charge is -2.33. The molecule has 0 bridgehead atoms. The van der Waals surface area contributed by atoms with Crippen LogP contribution in [0.5, 0.6) is 17.2 Å². The zero-order chi connectivity index (χ0) is 34.6. The highest BCUT2D eigenvalue weighted by Crippen LogP contribution is 2.43. The van der Waals surface area contributed by atoms with Crippen molar-refractivity contribution in [2.45, 2.75) is 0 Å². The molecule has 12 rings (SSSR count). The predicted octanol–water partition coefficient (Wildman–Crippen LogP) is 11.3. The van der Waals surface area contributed by atoms with Crippen LogP contribution in [0.1, 0.15) is 0 Å². The lowest BCUT2D eigenvalue weighted by atomic mass is 9.50. The molecule has 2 aliphatic heterocycles. The molecule has 2 aromatic heterocycles. The summed E-state index contributed by atoms with van der Waals surface area (Å²) in [5.74, 6) is 2.49. The Hall–Kier alpha value is -6.98. The molecule has 0 atom stereocenters. The number of aromatic nitrogens is 1. The minimum absolute atomic E-state index is 0.293. The highest BCUT2D eigenvalue weighted by atomic mass is 16.5. The molecule has 5 heteroatoms. The molecule has 53 heavy (non-hydrogen) atoms.